The molecule has 2 fully saturated rings. The molecule has 2 atom stereocenters. The number of rotatable bonds is 4. The number of carboxylic acids is 1. The molecular formula is C16H22N2O3. The monoisotopic (exact) mass is 290 g/mol. The van der Waals surface area contributed by atoms with Gasteiger partial charge >= 0.3 is 5.97 Å². The quantitative estimate of drug-likeness (QED) is 0.890. The van der Waals surface area contributed by atoms with Crippen LogP contribution in [-0.4, -0.2) is 47.8 Å². The van der Waals surface area contributed by atoms with E-state index in [2.05, 4.69) is 17.3 Å². The van der Waals surface area contributed by atoms with Crippen molar-refractivity contribution < 1.29 is 14.6 Å². The van der Waals surface area contributed by atoms with Crippen LogP contribution in [0.3, 0.4) is 0 Å². The largest absolute Gasteiger partial charge is 0.497 e. The molecular weight excluding hydrogens is 268 g/mol. The Balaban J connectivity index is 1.87. The van der Waals surface area contributed by atoms with Gasteiger partial charge in [-0.2, -0.15) is 0 Å². The smallest absolute Gasteiger partial charge is 0.329 e. The van der Waals surface area contributed by atoms with Crippen LogP contribution in [0.2, 0.25) is 0 Å². The highest BCUT2D eigenvalue weighted by atomic mass is 16.5. The molecule has 3 rings (SSSR count). The van der Waals surface area contributed by atoms with E-state index in [9.17, 15) is 9.90 Å². The molecule has 0 saturated carbocycles. The molecule has 2 unspecified atom stereocenters. The molecule has 0 amide bonds. The molecule has 0 aromatic heterocycles. The molecule has 0 spiro atoms. The van der Waals surface area contributed by atoms with Gasteiger partial charge < -0.3 is 20.1 Å². The number of fused-ring (bicyclic) bond motifs is 2. The van der Waals surface area contributed by atoms with Gasteiger partial charge in [-0.3, -0.25) is 0 Å². The number of anilines is 1. The van der Waals surface area contributed by atoms with Crippen LogP contribution in [0, 0.1) is 0 Å². The fraction of sp³-hybridized carbons (Fsp3) is 0.562. The Kier molecular flexibility index (Phi) is 3.53. The Morgan fingerprint density at radius 3 is 2.62 bits per heavy atom. The lowest BCUT2D eigenvalue weighted by molar-refractivity contribution is -0.145. The van der Waals surface area contributed by atoms with Gasteiger partial charge in [-0.15, -0.1) is 0 Å². The minimum Gasteiger partial charge on any atom is -0.497 e. The number of aliphatic carboxylic acids is 1. The third kappa shape index (κ3) is 2.46. The number of hydrogen-bond donors (Lipinski definition) is 2. The lowest BCUT2D eigenvalue weighted by atomic mass is 9.82. The average molecular weight is 290 g/mol. The zero-order chi connectivity index (χ0) is 15.0. The number of methoxy groups -OCH3 is 1. The minimum absolute atomic E-state index is 0.359. The molecule has 2 heterocycles. The summed E-state index contributed by atoms with van der Waals surface area (Å²) in [6, 6.07) is 8.20. The highest BCUT2D eigenvalue weighted by Gasteiger charge is 2.51. The molecule has 1 aromatic carbocycles. The highest BCUT2D eigenvalue weighted by Crippen LogP contribution is 2.41. The molecule has 2 N–H and O–H groups in total. The normalized spacial score (nSPS) is 31.9. The number of hydrogen-bond acceptors (Lipinski definition) is 4. The van der Waals surface area contributed by atoms with E-state index in [1.807, 2.05) is 24.3 Å². The van der Waals surface area contributed by atoms with Crippen molar-refractivity contribution in [2.24, 2.45) is 0 Å². The van der Waals surface area contributed by atoms with Gasteiger partial charge in [-0.25, -0.2) is 4.79 Å². The van der Waals surface area contributed by atoms with Gasteiger partial charge in [0.2, 0.25) is 0 Å². The van der Waals surface area contributed by atoms with Crippen molar-refractivity contribution in [3.63, 3.8) is 0 Å². The van der Waals surface area contributed by atoms with Crippen molar-refractivity contribution in [2.75, 3.05) is 19.5 Å². The zero-order valence-corrected chi connectivity index (χ0v) is 12.5. The first-order chi connectivity index (χ1) is 10.0. The van der Waals surface area contributed by atoms with Gasteiger partial charge in [-0.1, -0.05) is 6.07 Å². The maximum Gasteiger partial charge on any atom is 0.329 e. The predicted molar refractivity (Wildman–Crippen MR) is 80.8 cm³/mol. The minimum atomic E-state index is -0.870. The van der Waals surface area contributed by atoms with E-state index in [0.29, 0.717) is 24.9 Å². The standard InChI is InChI=1S/C16H22N2O3/c1-18-12-6-7-13(18)10-16(9-12,15(19)20)17-11-4-3-5-14(8-11)21-2/h3-5,8,12-13,17H,6-7,9-10H2,1-2H3,(H,19,20). The van der Waals surface area contributed by atoms with Crippen LogP contribution in [0.5, 0.6) is 5.75 Å². The van der Waals surface area contributed by atoms with Crippen molar-refractivity contribution in [3.8, 4) is 5.75 Å². The fourth-order valence-electron chi connectivity index (χ4n) is 3.78. The van der Waals surface area contributed by atoms with E-state index < -0.39 is 11.5 Å². The van der Waals surface area contributed by atoms with Gasteiger partial charge in [0.05, 0.1) is 7.11 Å². The summed E-state index contributed by atoms with van der Waals surface area (Å²) >= 11 is 0. The SMILES string of the molecule is COc1cccc(NC2(C(=O)O)CC3CCC(C2)N3C)c1. The second kappa shape index (κ2) is 5.22. The van der Waals surface area contributed by atoms with E-state index in [1.165, 1.54) is 0 Å². The van der Waals surface area contributed by atoms with E-state index in [1.54, 1.807) is 7.11 Å². The first-order valence-corrected chi connectivity index (χ1v) is 7.42. The molecule has 1 aromatic rings. The summed E-state index contributed by atoms with van der Waals surface area (Å²) in [6.45, 7) is 0. The van der Waals surface area contributed by atoms with Gasteiger partial charge in [0, 0.05) is 23.8 Å². The summed E-state index contributed by atoms with van der Waals surface area (Å²) in [5.41, 5.74) is -0.0641. The Bertz CT molecular complexity index is 532. The van der Waals surface area contributed by atoms with E-state index in [-0.39, 0.29) is 0 Å². The topological polar surface area (TPSA) is 61.8 Å². The summed E-state index contributed by atoms with van der Waals surface area (Å²) < 4.78 is 5.21. The molecule has 2 aliphatic heterocycles. The summed E-state index contributed by atoms with van der Waals surface area (Å²) in [4.78, 5) is 14.3. The first-order valence-electron chi connectivity index (χ1n) is 7.42. The Morgan fingerprint density at radius 2 is 2.05 bits per heavy atom. The molecule has 21 heavy (non-hydrogen) atoms. The summed E-state index contributed by atoms with van der Waals surface area (Å²) in [7, 11) is 3.72. The molecule has 114 valence electrons. The second-order valence-electron chi connectivity index (χ2n) is 6.20. The Hall–Kier alpha value is -1.75. The molecule has 2 aliphatic rings. The van der Waals surface area contributed by atoms with Crippen LogP contribution in [0.4, 0.5) is 5.69 Å². The van der Waals surface area contributed by atoms with E-state index >= 15 is 0 Å². The summed E-state index contributed by atoms with van der Waals surface area (Å²) in [5.74, 6) is -0.0215. The van der Waals surface area contributed by atoms with Crippen LogP contribution in [0.1, 0.15) is 25.7 Å². The zero-order valence-electron chi connectivity index (χ0n) is 12.5. The Labute approximate surface area is 124 Å². The molecule has 5 nitrogen and oxygen atoms in total. The van der Waals surface area contributed by atoms with Gasteiger partial charge in [0.1, 0.15) is 11.3 Å². The van der Waals surface area contributed by atoms with Gasteiger partial charge in [-0.05, 0) is 44.9 Å². The van der Waals surface area contributed by atoms with E-state index in [0.717, 1.165) is 24.3 Å². The number of ether oxygens (including phenoxy) is 1. The molecule has 5 heteroatoms. The van der Waals surface area contributed by atoms with Crippen LogP contribution in [0.25, 0.3) is 0 Å². The Morgan fingerprint density at radius 1 is 1.38 bits per heavy atom. The van der Waals surface area contributed by atoms with Crippen molar-refractivity contribution >= 4 is 11.7 Å². The maximum absolute atomic E-state index is 11.9. The maximum atomic E-state index is 11.9. The number of nitrogens with one attached hydrogen (secondary N) is 1. The molecule has 0 aliphatic carbocycles. The molecule has 2 bridgehead atoms. The van der Waals surface area contributed by atoms with Crippen LogP contribution in [0.15, 0.2) is 24.3 Å². The summed E-state index contributed by atoms with van der Waals surface area (Å²) in [5, 5.41) is 13.1. The number of benzene rings is 1. The van der Waals surface area contributed by atoms with E-state index in [4.69, 9.17) is 4.74 Å². The number of piperidine rings is 1. The van der Waals surface area contributed by atoms with Crippen molar-refractivity contribution in [3.05, 3.63) is 24.3 Å². The van der Waals surface area contributed by atoms with Gasteiger partial charge in [0.25, 0.3) is 0 Å². The van der Waals surface area contributed by atoms with Crippen LogP contribution in [-0.2, 0) is 4.79 Å². The number of carboxylic acid groups (broad SMARTS) is 1. The predicted octanol–water partition coefficient (Wildman–Crippen LogP) is 2.19. The third-order valence-corrected chi connectivity index (χ3v) is 5.02. The van der Waals surface area contributed by atoms with Crippen molar-refractivity contribution in [1.29, 1.82) is 0 Å². The van der Waals surface area contributed by atoms with Crippen molar-refractivity contribution in [1.82, 2.24) is 4.90 Å². The van der Waals surface area contributed by atoms with Crippen LogP contribution >= 0.6 is 0 Å². The fourth-order valence-corrected chi connectivity index (χ4v) is 3.78. The molecule has 0 radical (unpaired) electrons. The lowest BCUT2D eigenvalue weighted by Crippen LogP contribution is -2.57. The van der Waals surface area contributed by atoms with Gasteiger partial charge in [0.15, 0.2) is 0 Å². The van der Waals surface area contributed by atoms with Crippen LogP contribution < -0.4 is 10.1 Å². The first kappa shape index (κ1) is 14.2. The third-order valence-electron chi connectivity index (χ3n) is 5.02. The van der Waals surface area contributed by atoms with Crippen molar-refractivity contribution in [2.45, 2.75) is 43.3 Å². The highest BCUT2D eigenvalue weighted by molar-refractivity contribution is 5.83. The lowest BCUT2D eigenvalue weighted by Gasteiger charge is -2.43. The molecule has 2 saturated heterocycles. The summed E-state index contributed by atoms with van der Waals surface area (Å²) in [6.07, 6.45) is 3.48. The number of nitrogens with zero attached hydrogens (tertiary/aromatic N) is 1. The second-order valence-corrected chi connectivity index (χ2v) is 6.20. The number of carbonyl (C=O) groups is 1. The average Bonchev–Trinajstić information content (AvgIpc) is 2.70.